The molecule has 0 amide bonds. The molecule has 0 bridgehead atoms. The van der Waals surface area contributed by atoms with Gasteiger partial charge >= 0.3 is 0 Å². The second kappa shape index (κ2) is 10.4. The molecule has 0 N–H and O–H groups in total. The first-order chi connectivity index (χ1) is 12.8. The molecule has 0 radical (unpaired) electrons. The fourth-order valence-electron chi connectivity index (χ4n) is 5.42. The Balaban J connectivity index is 1.41. The Kier molecular flexibility index (Phi) is 7.89. The van der Waals surface area contributed by atoms with Crippen LogP contribution in [0.2, 0.25) is 0 Å². The highest BCUT2D eigenvalue weighted by molar-refractivity contribution is 5.29. The minimum absolute atomic E-state index is 0.785. The zero-order valence-corrected chi connectivity index (χ0v) is 17.2. The van der Waals surface area contributed by atoms with Gasteiger partial charge in [-0.05, 0) is 86.3 Å². The number of ether oxygens (including phenoxy) is 1. The molecule has 0 spiro atoms. The first-order valence-electron chi connectivity index (χ1n) is 11.5. The highest BCUT2D eigenvalue weighted by atomic mass is 16.5. The summed E-state index contributed by atoms with van der Waals surface area (Å²) in [4.78, 5) is 0. The van der Waals surface area contributed by atoms with Crippen molar-refractivity contribution in [2.24, 2.45) is 17.8 Å². The van der Waals surface area contributed by atoms with Crippen molar-refractivity contribution in [3.05, 3.63) is 29.8 Å². The Morgan fingerprint density at radius 1 is 0.769 bits per heavy atom. The van der Waals surface area contributed by atoms with E-state index in [0.29, 0.717) is 0 Å². The molecule has 146 valence electrons. The van der Waals surface area contributed by atoms with Crippen LogP contribution in [0.3, 0.4) is 0 Å². The minimum atomic E-state index is 0.785. The van der Waals surface area contributed by atoms with Crippen molar-refractivity contribution in [1.29, 1.82) is 0 Å². The second-order valence-electron chi connectivity index (χ2n) is 8.95. The van der Waals surface area contributed by atoms with Gasteiger partial charge < -0.3 is 4.74 Å². The van der Waals surface area contributed by atoms with Gasteiger partial charge in [-0.25, -0.2) is 0 Å². The smallest absolute Gasteiger partial charge is 0.119 e. The number of hydrogen-bond acceptors (Lipinski definition) is 1. The van der Waals surface area contributed by atoms with E-state index in [2.05, 4.69) is 38.1 Å². The normalized spacial score (nSPS) is 29.5. The van der Waals surface area contributed by atoms with Crippen molar-refractivity contribution >= 4 is 0 Å². The number of hydrogen-bond donors (Lipinski definition) is 0. The molecule has 1 heteroatoms. The predicted octanol–water partition coefficient (Wildman–Crippen LogP) is 7.75. The van der Waals surface area contributed by atoms with Gasteiger partial charge in [0.1, 0.15) is 5.75 Å². The van der Waals surface area contributed by atoms with Crippen LogP contribution in [-0.4, -0.2) is 6.61 Å². The molecule has 3 rings (SSSR count). The van der Waals surface area contributed by atoms with Gasteiger partial charge in [0, 0.05) is 0 Å². The first kappa shape index (κ1) is 19.8. The Morgan fingerprint density at radius 3 is 1.96 bits per heavy atom. The van der Waals surface area contributed by atoms with E-state index in [9.17, 15) is 0 Å². The van der Waals surface area contributed by atoms with Crippen molar-refractivity contribution in [3.63, 3.8) is 0 Å². The Morgan fingerprint density at radius 2 is 1.38 bits per heavy atom. The Bertz CT molecular complexity index is 489. The van der Waals surface area contributed by atoms with E-state index in [0.717, 1.165) is 42.4 Å². The summed E-state index contributed by atoms with van der Waals surface area (Å²) >= 11 is 0. The first-order valence-corrected chi connectivity index (χ1v) is 11.5. The van der Waals surface area contributed by atoms with Gasteiger partial charge in [0.05, 0.1) is 6.61 Å². The topological polar surface area (TPSA) is 9.23 Å². The van der Waals surface area contributed by atoms with Crippen LogP contribution in [0.5, 0.6) is 5.75 Å². The van der Waals surface area contributed by atoms with Gasteiger partial charge in [0.25, 0.3) is 0 Å². The van der Waals surface area contributed by atoms with Gasteiger partial charge in [-0.2, -0.15) is 0 Å². The van der Waals surface area contributed by atoms with E-state index in [1.54, 1.807) is 0 Å². The highest BCUT2D eigenvalue weighted by Gasteiger charge is 2.31. The second-order valence-corrected chi connectivity index (χ2v) is 8.95. The lowest BCUT2D eigenvalue weighted by atomic mass is 9.68. The van der Waals surface area contributed by atoms with E-state index in [4.69, 9.17) is 4.74 Å². The van der Waals surface area contributed by atoms with E-state index < -0.39 is 0 Å². The molecule has 0 saturated heterocycles. The average Bonchev–Trinajstić information content (AvgIpc) is 2.72. The van der Waals surface area contributed by atoms with Crippen LogP contribution >= 0.6 is 0 Å². The zero-order valence-electron chi connectivity index (χ0n) is 17.2. The summed E-state index contributed by atoms with van der Waals surface area (Å²) in [7, 11) is 0. The maximum absolute atomic E-state index is 5.73. The van der Waals surface area contributed by atoms with E-state index in [1.165, 1.54) is 76.2 Å². The SMILES string of the molecule is CCCCC1CCC(C2CCC(c3ccc(OCCC)cc3)CC2)CC1. The summed E-state index contributed by atoms with van der Waals surface area (Å²) in [6, 6.07) is 8.98. The Labute approximate surface area is 161 Å². The average molecular weight is 357 g/mol. The van der Waals surface area contributed by atoms with Crippen molar-refractivity contribution in [2.45, 2.75) is 96.8 Å². The Hall–Kier alpha value is -0.980. The fourth-order valence-corrected chi connectivity index (χ4v) is 5.42. The van der Waals surface area contributed by atoms with Gasteiger partial charge in [0.2, 0.25) is 0 Å². The summed E-state index contributed by atoms with van der Waals surface area (Å²) in [5, 5.41) is 0. The van der Waals surface area contributed by atoms with E-state index in [-0.39, 0.29) is 0 Å². The lowest BCUT2D eigenvalue weighted by Gasteiger charge is -2.38. The van der Waals surface area contributed by atoms with Crippen LogP contribution in [-0.2, 0) is 0 Å². The summed E-state index contributed by atoms with van der Waals surface area (Å²) in [5.74, 6) is 4.93. The minimum Gasteiger partial charge on any atom is -0.494 e. The third-order valence-electron chi connectivity index (χ3n) is 7.12. The van der Waals surface area contributed by atoms with Crippen LogP contribution in [0.1, 0.15) is 102 Å². The molecule has 0 heterocycles. The van der Waals surface area contributed by atoms with Crippen LogP contribution in [0.4, 0.5) is 0 Å². The third-order valence-corrected chi connectivity index (χ3v) is 7.12. The maximum Gasteiger partial charge on any atom is 0.119 e. The lowest BCUT2D eigenvalue weighted by Crippen LogP contribution is -2.25. The summed E-state index contributed by atoms with van der Waals surface area (Å²) in [6.45, 7) is 5.31. The summed E-state index contributed by atoms with van der Waals surface area (Å²) in [5.41, 5.74) is 1.54. The number of benzene rings is 1. The molecule has 2 aliphatic carbocycles. The molecule has 1 nitrogen and oxygen atoms in total. The number of unbranched alkanes of at least 4 members (excludes halogenated alkanes) is 1. The quantitative estimate of drug-likeness (QED) is 0.462. The highest BCUT2D eigenvalue weighted by Crippen LogP contribution is 2.44. The van der Waals surface area contributed by atoms with Gasteiger partial charge in [0.15, 0.2) is 0 Å². The number of rotatable bonds is 8. The van der Waals surface area contributed by atoms with Crippen molar-refractivity contribution < 1.29 is 4.74 Å². The lowest BCUT2D eigenvalue weighted by molar-refractivity contribution is 0.156. The van der Waals surface area contributed by atoms with Crippen LogP contribution in [0.15, 0.2) is 24.3 Å². The summed E-state index contributed by atoms with van der Waals surface area (Å²) < 4.78 is 5.73. The molecule has 2 aliphatic rings. The standard InChI is InChI=1S/C25H40O/c1-3-5-6-20-7-9-21(10-8-20)22-11-13-23(14-12-22)24-15-17-25(18-16-24)26-19-4-2/h15-18,20-23H,3-14,19H2,1-2H3. The third kappa shape index (κ3) is 5.51. The predicted molar refractivity (Wildman–Crippen MR) is 112 cm³/mol. The van der Waals surface area contributed by atoms with Crippen LogP contribution < -0.4 is 4.74 Å². The maximum atomic E-state index is 5.73. The van der Waals surface area contributed by atoms with Gasteiger partial charge in [-0.1, -0.05) is 58.1 Å². The molecule has 0 atom stereocenters. The van der Waals surface area contributed by atoms with Crippen molar-refractivity contribution in [1.82, 2.24) is 0 Å². The molecule has 2 fully saturated rings. The summed E-state index contributed by atoms with van der Waals surface area (Å²) in [6.07, 6.45) is 17.2. The molecule has 0 aromatic heterocycles. The van der Waals surface area contributed by atoms with E-state index >= 15 is 0 Å². The van der Waals surface area contributed by atoms with Crippen LogP contribution in [0, 0.1) is 17.8 Å². The zero-order chi connectivity index (χ0) is 18.2. The van der Waals surface area contributed by atoms with E-state index in [1.807, 2.05) is 0 Å². The van der Waals surface area contributed by atoms with Crippen molar-refractivity contribution in [3.8, 4) is 5.75 Å². The molecule has 26 heavy (non-hydrogen) atoms. The fraction of sp³-hybridized carbons (Fsp3) is 0.760. The molecule has 0 unspecified atom stereocenters. The van der Waals surface area contributed by atoms with Crippen LogP contribution in [0.25, 0.3) is 0 Å². The molecular formula is C25H40O. The van der Waals surface area contributed by atoms with Crippen molar-refractivity contribution in [2.75, 3.05) is 6.61 Å². The molecule has 0 aliphatic heterocycles. The van der Waals surface area contributed by atoms with Gasteiger partial charge in [-0.3, -0.25) is 0 Å². The largest absolute Gasteiger partial charge is 0.494 e. The molecule has 1 aromatic rings. The monoisotopic (exact) mass is 356 g/mol. The molecule has 1 aromatic carbocycles. The molecule has 2 saturated carbocycles. The molecular weight excluding hydrogens is 316 g/mol. The van der Waals surface area contributed by atoms with Gasteiger partial charge in [-0.15, -0.1) is 0 Å².